The molecule has 1 heterocycles. The number of aliphatic hydroxyl groups is 1. The summed E-state index contributed by atoms with van der Waals surface area (Å²) in [4.78, 5) is 11.8. The van der Waals surface area contributed by atoms with Gasteiger partial charge in [0.15, 0.2) is 0 Å². The summed E-state index contributed by atoms with van der Waals surface area (Å²) >= 11 is 5.84. The highest BCUT2D eigenvalue weighted by atomic mass is 35.5. The van der Waals surface area contributed by atoms with Crippen LogP contribution in [0, 0.1) is 6.92 Å². The number of aromatic nitrogens is 3. The van der Waals surface area contributed by atoms with Gasteiger partial charge in [-0.2, -0.15) is 0 Å². The lowest BCUT2D eigenvalue weighted by atomic mass is 10.2. The van der Waals surface area contributed by atoms with Crippen molar-refractivity contribution in [2.75, 3.05) is 5.32 Å². The third kappa shape index (κ3) is 3.52. The monoisotopic (exact) mass is 280 g/mol. The summed E-state index contributed by atoms with van der Waals surface area (Å²) < 4.78 is 1.37. The first-order valence-corrected chi connectivity index (χ1v) is 6.02. The number of hydrogen-bond acceptors (Lipinski definition) is 4. The Hall–Kier alpha value is -1.92. The van der Waals surface area contributed by atoms with Crippen molar-refractivity contribution in [1.29, 1.82) is 0 Å². The molecule has 0 saturated carbocycles. The quantitative estimate of drug-likeness (QED) is 0.886. The number of carbonyl (C=O) groups excluding carboxylic acids is 1. The molecule has 1 aromatic carbocycles. The average molecular weight is 281 g/mol. The Morgan fingerprint density at radius 3 is 2.95 bits per heavy atom. The molecule has 100 valence electrons. The van der Waals surface area contributed by atoms with Crippen LogP contribution < -0.4 is 5.32 Å². The minimum absolute atomic E-state index is 0.0368. The Bertz CT molecular complexity index is 597. The number of nitrogens with one attached hydrogen (secondary N) is 1. The van der Waals surface area contributed by atoms with E-state index in [1.165, 1.54) is 10.9 Å². The van der Waals surface area contributed by atoms with E-state index in [4.69, 9.17) is 16.7 Å². The molecule has 2 aromatic rings. The summed E-state index contributed by atoms with van der Waals surface area (Å²) in [5.41, 5.74) is 2.02. The van der Waals surface area contributed by atoms with Gasteiger partial charge in [0, 0.05) is 10.7 Å². The van der Waals surface area contributed by atoms with Crippen LogP contribution in [-0.4, -0.2) is 26.0 Å². The number of benzene rings is 1. The van der Waals surface area contributed by atoms with Crippen molar-refractivity contribution in [2.24, 2.45) is 0 Å². The van der Waals surface area contributed by atoms with E-state index in [1.54, 1.807) is 18.2 Å². The third-order valence-corrected chi connectivity index (χ3v) is 2.75. The number of hydrogen-bond donors (Lipinski definition) is 2. The molecule has 7 heteroatoms. The molecule has 19 heavy (non-hydrogen) atoms. The molecule has 0 spiro atoms. The molecule has 0 aliphatic carbocycles. The molecule has 0 fully saturated rings. The van der Waals surface area contributed by atoms with Gasteiger partial charge in [0.2, 0.25) is 5.91 Å². The summed E-state index contributed by atoms with van der Waals surface area (Å²) in [5, 5.41) is 19.7. The number of aryl methyl sites for hydroxylation is 1. The van der Waals surface area contributed by atoms with Gasteiger partial charge in [-0.25, -0.2) is 4.68 Å². The summed E-state index contributed by atoms with van der Waals surface area (Å²) in [6.45, 7) is 1.70. The van der Waals surface area contributed by atoms with E-state index in [9.17, 15) is 4.79 Å². The minimum Gasteiger partial charge on any atom is -0.390 e. The highest BCUT2D eigenvalue weighted by molar-refractivity contribution is 6.30. The van der Waals surface area contributed by atoms with Crippen LogP contribution in [0.15, 0.2) is 24.4 Å². The van der Waals surface area contributed by atoms with Crippen LogP contribution in [0.2, 0.25) is 5.02 Å². The standard InChI is InChI=1S/C12H13ClN4O2/c1-8-4-9(13)2-3-11(8)14-12(19)6-17-5-10(7-18)15-16-17/h2-5,18H,6-7H2,1H3,(H,14,19). The van der Waals surface area contributed by atoms with Crippen LogP contribution in [0.5, 0.6) is 0 Å². The largest absolute Gasteiger partial charge is 0.390 e. The first kappa shape index (κ1) is 13.5. The van der Waals surface area contributed by atoms with Crippen molar-refractivity contribution < 1.29 is 9.90 Å². The molecule has 0 atom stereocenters. The zero-order chi connectivity index (χ0) is 13.8. The highest BCUT2D eigenvalue weighted by Gasteiger charge is 2.07. The van der Waals surface area contributed by atoms with Crippen molar-refractivity contribution in [1.82, 2.24) is 15.0 Å². The summed E-state index contributed by atoms with van der Waals surface area (Å²) in [6, 6.07) is 5.23. The number of rotatable bonds is 4. The summed E-state index contributed by atoms with van der Waals surface area (Å²) in [7, 11) is 0. The Morgan fingerprint density at radius 2 is 2.32 bits per heavy atom. The fourth-order valence-corrected chi connectivity index (χ4v) is 1.82. The van der Waals surface area contributed by atoms with Gasteiger partial charge in [-0.3, -0.25) is 4.79 Å². The van der Waals surface area contributed by atoms with E-state index in [2.05, 4.69) is 15.6 Å². The lowest BCUT2D eigenvalue weighted by molar-refractivity contribution is -0.116. The van der Waals surface area contributed by atoms with Crippen LogP contribution in [0.1, 0.15) is 11.3 Å². The lowest BCUT2D eigenvalue weighted by Gasteiger charge is -2.08. The average Bonchev–Trinajstić information content (AvgIpc) is 2.80. The van der Waals surface area contributed by atoms with Gasteiger partial charge in [-0.05, 0) is 30.7 Å². The molecule has 0 bridgehead atoms. The highest BCUT2D eigenvalue weighted by Crippen LogP contribution is 2.19. The zero-order valence-corrected chi connectivity index (χ0v) is 11.1. The van der Waals surface area contributed by atoms with Crippen LogP contribution >= 0.6 is 11.6 Å². The Labute approximate surface area is 115 Å². The van der Waals surface area contributed by atoms with Gasteiger partial charge >= 0.3 is 0 Å². The smallest absolute Gasteiger partial charge is 0.246 e. The molecule has 0 radical (unpaired) electrons. The molecule has 2 rings (SSSR count). The summed E-state index contributed by atoms with van der Waals surface area (Å²) in [6.07, 6.45) is 1.52. The van der Waals surface area contributed by atoms with E-state index in [-0.39, 0.29) is 19.1 Å². The molecule has 2 N–H and O–H groups in total. The second-order valence-corrected chi connectivity index (χ2v) is 4.51. The maximum Gasteiger partial charge on any atom is 0.246 e. The Kier molecular flexibility index (Phi) is 4.13. The molecular weight excluding hydrogens is 268 g/mol. The van der Waals surface area contributed by atoms with Crippen molar-refractivity contribution in [2.45, 2.75) is 20.1 Å². The third-order valence-electron chi connectivity index (χ3n) is 2.52. The van der Waals surface area contributed by atoms with E-state index in [0.29, 0.717) is 16.4 Å². The molecule has 0 unspecified atom stereocenters. The second-order valence-electron chi connectivity index (χ2n) is 4.07. The van der Waals surface area contributed by atoms with Crippen LogP contribution in [0.3, 0.4) is 0 Å². The van der Waals surface area contributed by atoms with Gasteiger partial charge in [-0.15, -0.1) is 5.10 Å². The number of amides is 1. The van der Waals surface area contributed by atoms with Gasteiger partial charge in [0.05, 0.1) is 12.8 Å². The molecular formula is C12H13ClN4O2. The Balaban J connectivity index is 2.01. The summed E-state index contributed by atoms with van der Waals surface area (Å²) in [5.74, 6) is -0.222. The lowest BCUT2D eigenvalue weighted by Crippen LogP contribution is -2.19. The van der Waals surface area contributed by atoms with E-state index in [0.717, 1.165) is 5.56 Å². The maximum atomic E-state index is 11.8. The normalized spacial score (nSPS) is 10.5. The fraction of sp³-hybridized carbons (Fsp3) is 0.250. The predicted molar refractivity (Wildman–Crippen MR) is 70.8 cm³/mol. The van der Waals surface area contributed by atoms with Crippen LogP contribution in [0.4, 0.5) is 5.69 Å². The van der Waals surface area contributed by atoms with Crippen LogP contribution in [0.25, 0.3) is 0 Å². The molecule has 6 nitrogen and oxygen atoms in total. The molecule has 0 aliphatic rings. The number of anilines is 1. The fourth-order valence-electron chi connectivity index (χ4n) is 1.59. The van der Waals surface area contributed by atoms with Crippen molar-refractivity contribution in [3.8, 4) is 0 Å². The zero-order valence-electron chi connectivity index (χ0n) is 10.3. The van der Waals surface area contributed by atoms with Crippen molar-refractivity contribution >= 4 is 23.2 Å². The number of nitrogens with zero attached hydrogens (tertiary/aromatic N) is 3. The second kappa shape index (κ2) is 5.81. The number of aliphatic hydroxyl groups excluding tert-OH is 1. The van der Waals surface area contributed by atoms with Gasteiger partial charge < -0.3 is 10.4 Å². The SMILES string of the molecule is Cc1cc(Cl)ccc1NC(=O)Cn1cc(CO)nn1. The molecule has 0 aliphatic heterocycles. The first-order valence-electron chi connectivity index (χ1n) is 5.64. The van der Waals surface area contributed by atoms with Gasteiger partial charge in [0.25, 0.3) is 0 Å². The number of carbonyl (C=O) groups is 1. The molecule has 1 amide bonds. The van der Waals surface area contributed by atoms with Gasteiger partial charge in [-0.1, -0.05) is 16.8 Å². The van der Waals surface area contributed by atoms with E-state index >= 15 is 0 Å². The van der Waals surface area contributed by atoms with E-state index < -0.39 is 0 Å². The first-order chi connectivity index (χ1) is 9.08. The van der Waals surface area contributed by atoms with E-state index in [1.807, 2.05) is 6.92 Å². The Morgan fingerprint density at radius 1 is 1.53 bits per heavy atom. The predicted octanol–water partition coefficient (Wildman–Crippen LogP) is 1.37. The minimum atomic E-state index is -0.222. The topological polar surface area (TPSA) is 80.0 Å². The van der Waals surface area contributed by atoms with Gasteiger partial charge in [0.1, 0.15) is 12.2 Å². The van der Waals surface area contributed by atoms with Crippen molar-refractivity contribution in [3.63, 3.8) is 0 Å². The maximum absolute atomic E-state index is 11.8. The number of halogens is 1. The van der Waals surface area contributed by atoms with Crippen molar-refractivity contribution in [3.05, 3.63) is 40.7 Å². The molecule has 1 aromatic heterocycles. The van der Waals surface area contributed by atoms with Crippen LogP contribution in [-0.2, 0) is 17.9 Å². The molecule has 0 saturated heterocycles.